The fraction of sp³-hybridized carbons (Fsp3) is 0.692. The molecule has 0 spiro atoms. The zero-order valence-electron chi connectivity index (χ0n) is 11.0. The number of unbranched alkanes of at least 4 members (excludes halogenated alkanes) is 2. The van der Waals surface area contributed by atoms with Crippen LogP contribution in [0.4, 0.5) is 5.82 Å². The molecule has 0 amide bonds. The molecular formula is C13H22ClN3. The summed E-state index contributed by atoms with van der Waals surface area (Å²) in [4.78, 5) is 8.17. The maximum Gasteiger partial charge on any atom is 0.171 e. The van der Waals surface area contributed by atoms with Gasteiger partial charge < -0.3 is 5.32 Å². The maximum atomic E-state index is 5.94. The summed E-state index contributed by atoms with van der Waals surface area (Å²) in [5, 5.41) is 3.72. The third-order valence-corrected chi connectivity index (χ3v) is 3.12. The summed E-state index contributed by atoms with van der Waals surface area (Å²) in [5.41, 5.74) is 0.260. The first-order valence-electron chi connectivity index (χ1n) is 6.25. The summed E-state index contributed by atoms with van der Waals surface area (Å²) in [7, 11) is 0. The minimum absolute atomic E-state index is 0.260. The lowest BCUT2D eigenvalue weighted by molar-refractivity contribution is 0.342. The van der Waals surface area contributed by atoms with E-state index < -0.39 is 0 Å². The monoisotopic (exact) mass is 255 g/mol. The lowest BCUT2D eigenvalue weighted by Crippen LogP contribution is -2.23. The van der Waals surface area contributed by atoms with Crippen molar-refractivity contribution in [2.45, 2.75) is 46.5 Å². The van der Waals surface area contributed by atoms with E-state index in [0.29, 0.717) is 11.0 Å². The van der Waals surface area contributed by atoms with E-state index in [-0.39, 0.29) is 5.41 Å². The molecular weight excluding hydrogens is 234 g/mol. The van der Waals surface area contributed by atoms with E-state index in [4.69, 9.17) is 11.6 Å². The van der Waals surface area contributed by atoms with Gasteiger partial charge in [0, 0.05) is 18.9 Å². The minimum atomic E-state index is 0.260. The number of nitrogens with one attached hydrogen (secondary N) is 1. The van der Waals surface area contributed by atoms with Crippen molar-refractivity contribution in [3.05, 3.63) is 17.5 Å². The SMILES string of the molecule is CCCCCC(C)(C)CNc1nccnc1Cl. The van der Waals surface area contributed by atoms with Gasteiger partial charge >= 0.3 is 0 Å². The highest BCUT2D eigenvalue weighted by atomic mass is 35.5. The van der Waals surface area contributed by atoms with E-state index in [1.54, 1.807) is 12.4 Å². The predicted octanol–water partition coefficient (Wildman–Crippen LogP) is 4.15. The van der Waals surface area contributed by atoms with Crippen molar-refractivity contribution in [3.8, 4) is 0 Å². The Kier molecular flexibility index (Phi) is 5.69. The van der Waals surface area contributed by atoms with Crippen LogP contribution in [0.5, 0.6) is 0 Å². The van der Waals surface area contributed by atoms with Crippen molar-refractivity contribution in [3.63, 3.8) is 0 Å². The largest absolute Gasteiger partial charge is 0.367 e. The Morgan fingerprint density at radius 3 is 2.59 bits per heavy atom. The molecule has 0 bridgehead atoms. The Morgan fingerprint density at radius 2 is 1.94 bits per heavy atom. The predicted molar refractivity (Wildman–Crippen MR) is 73.5 cm³/mol. The number of anilines is 1. The van der Waals surface area contributed by atoms with Crippen LogP contribution in [-0.2, 0) is 0 Å². The second-order valence-electron chi connectivity index (χ2n) is 5.17. The topological polar surface area (TPSA) is 37.8 Å². The van der Waals surface area contributed by atoms with E-state index in [2.05, 4.69) is 36.1 Å². The zero-order valence-corrected chi connectivity index (χ0v) is 11.7. The van der Waals surface area contributed by atoms with Crippen LogP contribution in [-0.4, -0.2) is 16.5 Å². The van der Waals surface area contributed by atoms with Gasteiger partial charge in [-0.2, -0.15) is 0 Å². The van der Waals surface area contributed by atoms with E-state index in [1.807, 2.05) is 0 Å². The van der Waals surface area contributed by atoms with Gasteiger partial charge in [0.05, 0.1) is 0 Å². The van der Waals surface area contributed by atoms with E-state index in [1.165, 1.54) is 25.7 Å². The third-order valence-electron chi connectivity index (χ3n) is 2.85. The van der Waals surface area contributed by atoms with Crippen LogP contribution in [0.15, 0.2) is 12.4 Å². The first kappa shape index (κ1) is 14.2. The molecule has 96 valence electrons. The van der Waals surface area contributed by atoms with Crippen LogP contribution < -0.4 is 5.32 Å². The molecule has 0 aliphatic heterocycles. The number of hydrogen-bond donors (Lipinski definition) is 1. The molecule has 3 nitrogen and oxygen atoms in total. The standard InChI is InChI=1S/C13H22ClN3/c1-4-5-6-7-13(2,3)10-17-12-11(14)15-8-9-16-12/h8-9H,4-7,10H2,1-3H3,(H,16,17). The van der Waals surface area contributed by atoms with Crippen molar-refractivity contribution in [2.75, 3.05) is 11.9 Å². The molecule has 1 aromatic rings. The molecule has 1 N–H and O–H groups in total. The molecule has 1 aromatic heterocycles. The van der Waals surface area contributed by atoms with Gasteiger partial charge in [-0.1, -0.05) is 51.6 Å². The van der Waals surface area contributed by atoms with Gasteiger partial charge in [0.25, 0.3) is 0 Å². The van der Waals surface area contributed by atoms with Gasteiger partial charge in [0.1, 0.15) is 0 Å². The number of aromatic nitrogens is 2. The molecule has 0 atom stereocenters. The highest BCUT2D eigenvalue weighted by Gasteiger charge is 2.17. The second kappa shape index (κ2) is 6.80. The lowest BCUT2D eigenvalue weighted by atomic mass is 9.87. The summed E-state index contributed by atoms with van der Waals surface area (Å²) in [5.74, 6) is 0.678. The number of nitrogens with zero attached hydrogens (tertiary/aromatic N) is 2. The average molecular weight is 256 g/mol. The summed E-state index contributed by atoms with van der Waals surface area (Å²) >= 11 is 5.94. The quantitative estimate of drug-likeness (QED) is 0.744. The van der Waals surface area contributed by atoms with Crippen molar-refractivity contribution >= 4 is 17.4 Å². The highest BCUT2D eigenvalue weighted by molar-refractivity contribution is 6.31. The number of rotatable bonds is 7. The normalized spacial score (nSPS) is 11.5. The van der Waals surface area contributed by atoms with Gasteiger partial charge in [0.15, 0.2) is 11.0 Å². The van der Waals surface area contributed by atoms with Gasteiger partial charge in [-0.05, 0) is 11.8 Å². The Hall–Kier alpha value is -0.830. The summed E-state index contributed by atoms with van der Waals surface area (Å²) in [6.45, 7) is 7.62. The second-order valence-corrected chi connectivity index (χ2v) is 5.53. The van der Waals surface area contributed by atoms with E-state index in [0.717, 1.165) is 6.54 Å². The highest BCUT2D eigenvalue weighted by Crippen LogP contribution is 2.25. The summed E-state index contributed by atoms with van der Waals surface area (Å²) in [6, 6.07) is 0. The third kappa shape index (κ3) is 5.35. The van der Waals surface area contributed by atoms with Gasteiger partial charge in [-0.15, -0.1) is 0 Å². The Labute approximate surface area is 109 Å². The van der Waals surface area contributed by atoms with Gasteiger partial charge in [-0.25, -0.2) is 9.97 Å². The molecule has 0 aliphatic carbocycles. The summed E-state index contributed by atoms with van der Waals surface area (Å²) < 4.78 is 0. The molecule has 0 unspecified atom stereocenters. The first-order valence-corrected chi connectivity index (χ1v) is 6.63. The van der Waals surface area contributed by atoms with E-state index >= 15 is 0 Å². The molecule has 1 rings (SSSR count). The number of halogens is 1. The van der Waals surface area contributed by atoms with Crippen molar-refractivity contribution < 1.29 is 0 Å². The Bertz CT molecular complexity index is 339. The Morgan fingerprint density at radius 1 is 1.24 bits per heavy atom. The van der Waals surface area contributed by atoms with Crippen LogP contribution in [0, 0.1) is 5.41 Å². The molecule has 0 aromatic carbocycles. The summed E-state index contributed by atoms with van der Waals surface area (Å²) in [6.07, 6.45) is 8.30. The molecule has 0 radical (unpaired) electrons. The maximum absolute atomic E-state index is 5.94. The molecule has 0 saturated carbocycles. The van der Waals surface area contributed by atoms with Crippen LogP contribution in [0.3, 0.4) is 0 Å². The fourth-order valence-corrected chi connectivity index (χ4v) is 1.88. The molecule has 1 heterocycles. The molecule has 17 heavy (non-hydrogen) atoms. The van der Waals surface area contributed by atoms with Crippen molar-refractivity contribution in [1.82, 2.24) is 9.97 Å². The fourth-order valence-electron chi connectivity index (χ4n) is 1.70. The van der Waals surface area contributed by atoms with Gasteiger partial charge in [0.2, 0.25) is 0 Å². The molecule has 0 fully saturated rings. The van der Waals surface area contributed by atoms with Crippen LogP contribution in [0.25, 0.3) is 0 Å². The molecule has 0 saturated heterocycles. The van der Waals surface area contributed by atoms with Gasteiger partial charge in [-0.3, -0.25) is 0 Å². The molecule has 4 heteroatoms. The minimum Gasteiger partial charge on any atom is -0.367 e. The average Bonchev–Trinajstić information content (AvgIpc) is 2.28. The van der Waals surface area contributed by atoms with Crippen molar-refractivity contribution in [1.29, 1.82) is 0 Å². The van der Waals surface area contributed by atoms with Crippen LogP contribution in [0.2, 0.25) is 5.15 Å². The zero-order chi connectivity index (χ0) is 12.7. The lowest BCUT2D eigenvalue weighted by Gasteiger charge is -2.25. The molecule has 0 aliphatic rings. The van der Waals surface area contributed by atoms with Crippen molar-refractivity contribution in [2.24, 2.45) is 5.41 Å². The number of hydrogen-bond acceptors (Lipinski definition) is 3. The van der Waals surface area contributed by atoms with E-state index in [9.17, 15) is 0 Å². The first-order chi connectivity index (χ1) is 8.05. The smallest absolute Gasteiger partial charge is 0.171 e. The Balaban J connectivity index is 2.41. The van der Waals surface area contributed by atoms with Crippen LogP contribution in [0.1, 0.15) is 46.5 Å². The van der Waals surface area contributed by atoms with Crippen LogP contribution >= 0.6 is 11.6 Å².